The van der Waals surface area contributed by atoms with E-state index in [1.165, 1.54) is 12.1 Å². The normalized spacial score (nSPS) is 10.3. The van der Waals surface area contributed by atoms with Crippen LogP contribution in [0.3, 0.4) is 0 Å². The lowest BCUT2D eigenvalue weighted by atomic mass is 9.96. The summed E-state index contributed by atoms with van der Waals surface area (Å²) >= 11 is 0. The van der Waals surface area contributed by atoms with Crippen LogP contribution in [0.25, 0.3) is 21.5 Å². The summed E-state index contributed by atoms with van der Waals surface area (Å²) in [6.07, 6.45) is 0. The summed E-state index contributed by atoms with van der Waals surface area (Å²) < 4.78 is 0. The molecule has 0 saturated carbocycles. The van der Waals surface area contributed by atoms with Crippen molar-refractivity contribution in [3.63, 3.8) is 0 Å². The Bertz CT molecular complexity index is 799. The van der Waals surface area contributed by atoms with Crippen LogP contribution in [-0.2, 0) is 0 Å². The molecule has 0 bridgehead atoms. The molecule has 0 heterocycles. The minimum Gasteiger partial charge on any atom is -0.478 e. The molecule has 0 amide bonds. The van der Waals surface area contributed by atoms with Crippen LogP contribution >= 0.6 is 12.4 Å². The zero-order valence-corrected chi connectivity index (χ0v) is 11.6. The summed E-state index contributed by atoms with van der Waals surface area (Å²) in [4.78, 5) is 22.6. The van der Waals surface area contributed by atoms with Crippen LogP contribution in [0, 0.1) is 0 Å². The van der Waals surface area contributed by atoms with Crippen LogP contribution in [0.1, 0.15) is 20.7 Å². The van der Waals surface area contributed by atoms with Crippen LogP contribution in [-0.4, -0.2) is 22.2 Å². The largest absolute Gasteiger partial charge is 0.478 e. The van der Waals surface area contributed by atoms with Gasteiger partial charge in [0.05, 0.1) is 11.1 Å². The van der Waals surface area contributed by atoms with Gasteiger partial charge < -0.3 is 10.2 Å². The summed E-state index contributed by atoms with van der Waals surface area (Å²) in [6.45, 7) is 0. The molecule has 3 rings (SSSR count). The zero-order valence-electron chi connectivity index (χ0n) is 10.7. The first-order valence-corrected chi connectivity index (χ1v) is 6.00. The average Bonchev–Trinajstić information content (AvgIpc) is 2.43. The Labute approximate surface area is 126 Å². The Morgan fingerprint density at radius 1 is 0.714 bits per heavy atom. The third kappa shape index (κ3) is 2.41. The first-order valence-electron chi connectivity index (χ1n) is 6.00. The van der Waals surface area contributed by atoms with Crippen LogP contribution < -0.4 is 0 Å². The van der Waals surface area contributed by atoms with Gasteiger partial charge in [0, 0.05) is 0 Å². The number of rotatable bonds is 2. The van der Waals surface area contributed by atoms with E-state index in [-0.39, 0.29) is 23.5 Å². The van der Waals surface area contributed by atoms with Crippen molar-refractivity contribution in [1.82, 2.24) is 0 Å². The van der Waals surface area contributed by atoms with Gasteiger partial charge in [0.2, 0.25) is 0 Å². The van der Waals surface area contributed by atoms with E-state index in [2.05, 4.69) is 0 Å². The third-order valence-electron chi connectivity index (χ3n) is 3.34. The molecule has 0 aliphatic heterocycles. The Hall–Kier alpha value is -2.59. The van der Waals surface area contributed by atoms with Gasteiger partial charge in [-0.25, -0.2) is 9.59 Å². The monoisotopic (exact) mass is 302 g/mol. The van der Waals surface area contributed by atoms with Crippen molar-refractivity contribution in [2.75, 3.05) is 0 Å². The summed E-state index contributed by atoms with van der Waals surface area (Å²) in [5.74, 6) is -2.13. The molecule has 0 aliphatic carbocycles. The lowest BCUT2D eigenvalue weighted by Crippen LogP contribution is -2.03. The van der Waals surface area contributed by atoms with Crippen molar-refractivity contribution in [3.05, 3.63) is 59.7 Å². The molecule has 0 atom stereocenters. The molecule has 0 fully saturated rings. The standard InChI is InChI=1S/C16H10O4.ClH/c17-15(18)11-5-6-12(16(19)20)14-8-10-4-2-1-3-9(10)7-13(11)14;/h1-8H,(H,17,18)(H,19,20);1H. The van der Waals surface area contributed by atoms with Crippen LogP contribution in [0.2, 0.25) is 0 Å². The van der Waals surface area contributed by atoms with Crippen molar-refractivity contribution in [2.24, 2.45) is 0 Å². The van der Waals surface area contributed by atoms with Crippen LogP contribution in [0.4, 0.5) is 0 Å². The lowest BCUT2D eigenvalue weighted by Gasteiger charge is -2.08. The molecule has 2 N–H and O–H groups in total. The number of carbonyl (C=O) groups is 2. The highest BCUT2D eigenvalue weighted by Crippen LogP contribution is 2.28. The van der Waals surface area contributed by atoms with Crippen molar-refractivity contribution < 1.29 is 19.8 Å². The number of carboxylic acid groups (broad SMARTS) is 2. The summed E-state index contributed by atoms with van der Waals surface area (Å²) in [5.41, 5.74) is 0.214. The van der Waals surface area contributed by atoms with Crippen molar-refractivity contribution >= 4 is 45.9 Å². The number of benzene rings is 3. The lowest BCUT2D eigenvalue weighted by molar-refractivity contribution is 0.0684. The van der Waals surface area contributed by atoms with Crippen molar-refractivity contribution in [3.8, 4) is 0 Å². The quantitative estimate of drug-likeness (QED) is 0.706. The molecule has 3 aromatic rings. The average molecular weight is 303 g/mol. The molecule has 3 aromatic carbocycles. The van der Waals surface area contributed by atoms with Crippen molar-refractivity contribution in [1.29, 1.82) is 0 Å². The molecule has 0 unspecified atom stereocenters. The molecule has 0 aliphatic rings. The SMILES string of the molecule is Cl.O=C(O)c1ccc(C(=O)O)c2cc3ccccc3cc12. The molecule has 4 nitrogen and oxygen atoms in total. The van der Waals surface area contributed by atoms with E-state index in [0.29, 0.717) is 10.8 Å². The Balaban J connectivity index is 0.00000161. The molecule has 0 radical (unpaired) electrons. The van der Waals surface area contributed by atoms with E-state index in [9.17, 15) is 19.8 Å². The van der Waals surface area contributed by atoms with Gasteiger partial charge in [0.15, 0.2) is 0 Å². The number of fused-ring (bicyclic) bond motifs is 2. The number of hydrogen-bond acceptors (Lipinski definition) is 2. The van der Waals surface area contributed by atoms with E-state index in [1.807, 2.05) is 24.3 Å². The van der Waals surface area contributed by atoms with E-state index in [1.54, 1.807) is 12.1 Å². The van der Waals surface area contributed by atoms with E-state index >= 15 is 0 Å². The fourth-order valence-corrected chi connectivity index (χ4v) is 2.41. The van der Waals surface area contributed by atoms with Crippen LogP contribution in [0.5, 0.6) is 0 Å². The molecule has 21 heavy (non-hydrogen) atoms. The maximum Gasteiger partial charge on any atom is 0.336 e. The first kappa shape index (κ1) is 14.8. The summed E-state index contributed by atoms with van der Waals surface area (Å²) in [5, 5.41) is 21.1. The maximum absolute atomic E-state index is 11.3. The topological polar surface area (TPSA) is 74.6 Å². The maximum atomic E-state index is 11.3. The number of carboxylic acids is 2. The second kappa shape index (κ2) is 5.42. The molecule has 0 aromatic heterocycles. The van der Waals surface area contributed by atoms with Gasteiger partial charge in [-0.05, 0) is 45.8 Å². The summed E-state index contributed by atoms with van der Waals surface area (Å²) in [6, 6.07) is 13.6. The van der Waals surface area contributed by atoms with Crippen molar-refractivity contribution in [2.45, 2.75) is 0 Å². The Morgan fingerprint density at radius 3 is 1.43 bits per heavy atom. The van der Waals surface area contributed by atoms with Gasteiger partial charge in [-0.15, -0.1) is 12.4 Å². The zero-order chi connectivity index (χ0) is 14.3. The van der Waals surface area contributed by atoms with E-state index < -0.39 is 11.9 Å². The van der Waals surface area contributed by atoms with Gasteiger partial charge >= 0.3 is 11.9 Å². The van der Waals surface area contributed by atoms with Gasteiger partial charge in [0.1, 0.15) is 0 Å². The van der Waals surface area contributed by atoms with Gasteiger partial charge in [-0.3, -0.25) is 0 Å². The number of hydrogen-bond donors (Lipinski definition) is 2. The third-order valence-corrected chi connectivity index (χ3v) is 3.34. The smallest absolute Gasteiger partial charge is 0.336 e. The van der Waals surface area contributed by atoms with Gasteiger partial charge in [-0.1, -0.05) is 24.3 Å². The predicted molar refractivity (Wildman–Crippen MR) is 82.6 cm³/mol. The highest BCUT2D eigenvalue weighted by atomic mass is 35.5. The highest BCUT2D eigenvalue weighted by Gasteiger charge is 2.15. The molecule has 5 heteroatoms. The number of aromatic carboxylic acids is 2. The number of halogens is 1. The first-order chi connectivity index (χ1) is 9.58. The van der Waals surface area contributed by atoms with E-state index in [0.717, 1.165) is 10.8 Å². The molecular weight excluding hydrogens is 292 g/mol. The fraction of sp³-hybridized carbons (Fsp3) is 0. The highest BCUT2D eigenvalue weighted by molar-refractivity contribution is 6.14. The molecule has 0 saturated heterocycles. The van der Waals surface area contributed by atoms with E-state index in [4.69, 9.17) is 0 Å². The van der Waals surface area contributed by atoms with Gasteiger partial charge in [0.25, 0.3) is 0 Å². The summed E-state index contributed by atoms with van der Waals surface area (Å²) in [7, 11) is 0. The molecule has 0 spiro atoms. The molecular formula is C16H11ClO4. The second-order valence-corrected chi connectivity index (χ2v) is 4.52. The second-order valence-electron chi connectivity index (χ2n) is 4.52. The molecule has 106 valence electrons. The van der Waals surface area contributed by atoms with Crippen LogP contribution in [0.15, 0.2) is 48.5 Å². The van der Waals surface area contributed by atoms with Gasteiger partial charge in [-0.2, -0.15) is 0 Å². The Kier molecular flexibility index (Phi) is 3.82. The minimum atomic E-state index is -1.07. The Morgan fingerprint density at radius 2 is 1.10 bits per heavy atom. The predicted octanol–water partition coefficient (Wildman–Crippen LogP) is 3.81. The minimum absolute atomic E-state index is 0. The fourth-order valence-electron chi connectivity index (χ4n) is 2.41.